The molecule has 0 unspecified atom stereocenters. The molecule has 3 N–H and O–H groups in total. The highest BCUT2D eigenvalue weighted by atomic mass is 32.1. The zero-order chi connectivity index (χ0) is 21.0. The second-order valence-corrected chi connectivity index (χ2v) is 8.52. The minimum Gasteiger partial charge on any atom is -0.358 e. The fourth-order valence-electron chi connectivity index (χ4n) is 4.26. The van der Waals surface area contributed by atoms with Crippen molar-refractivity contribution in [3.05, 3.63) is 41.6 Å². The zero-order valence-electron chi connectivity index (χ0n) is 17.3. The predicted molar refractivity (Wildman–Crippen MR) is 118 cm³/mol. The summed E-state index contributed by atoms with van der Waals surface area (Å²) >= 11 is 5.36. The summed E-state index contributed by atoms with van der Waals surface area (Å²) in [4.78, 5) is 26.2. The van der Waals surface area contributed by atoms with Gasteiger partial charge in [-0.2, -0.15) is 0 Å². The fourth-order valence-corrected chi connectivity index (χ4v) is 4.46. The SMILES string of the molecule is CC(=O)N1C=Cc2ccccc2[C@H]1CC(=O)NNC(=S)N[C@@H]1CCC[C@H](C)[C@H]1C. The van der Waals surface area contributed by atoms with E-state index in [9.17, 15) is 9.59 Å². The first-order chi connectivity index (χ1) is 13.9. The molecule has 1 aliphatic carbocycles. The summed E-state index contributed by atoms with van der Waals surface area (Å²) in [5, 5.41) is 3.76. The Labute approximate surface area is 178 Å². The smallest absolute Gasteiger partial charge is 0.240 e. The first-order valence-electron chi connectivity index (χ1n) is 10.3. The van der Waals surface area contributed by atoms with Gasteiger partial charge in [0, 0.05) is 19.2 Å². The Morgan fingerprint density at radius 1 is 1.17 bits per heavy atom. The Morgan fingerprint density at radius 3 is 2.69 bits per heavy atom. The maximum atomic E-state index is 12.6. The number of thiocarbonyl (C=S) groups is 1. The molecule has 156 valence electrons. The second kappa shape index (κ2) is 9.39. The van der Waals surface area contributed by atoms with Gasteiger partial charge in [0.1, 0.15) is 0 Å². The summed E-state index contributed by atoms with van der Waals surface area (Å²) in [7, 11) is 0. The van der Waals surface area contributed by atoms with Crippen LogP contribution in [0.5, 0.6) is 0 Å². The molecule has 0 saturated heterocycles. The molecule has 4 atom stereocenters. The molecule has 0 aromatic heterocycles. The number of rotatable bonds is 3. The van der Waals surface area contributed by atoms with Gasteiger partial charge >= 0.3 is 0 Å². The molecule has 1 aliphatic heterocycles. The number of benzene rings is 1. The highest BCUT2D eigenvalue weighted by molar-refractivity contribution is 7.80. The molecule has 7 heteroatoms. The minimum atomic E-state index is -0.337. The van der Waals surface area contributed by atoms with Crippen molar-refractivity contribution >= 4 is 35.2 Å². The van der Waals surface area contributed by atoms with E-state index in [0.717, 1.165) is 17.5 Å². The number of fused-ring (bicyclic) bond motifs is 1. The highest BCUT2D eigenvalue weighted by Gasteiger charge is 2.29. The van der Waals surface area contributed by atoms with Crippen LogP contribution in [0, 0.1) is 11.8 Å². The molecule has 6 nitrogen and oxygen atoms in total. The molecule has 1 saturated carbocycles. The van der Waals surface area contributed by atoms with Gasteiger partial charge in [-0.15, -0.1) is 0 Å². The van der Waals surface area contributed by atoms with Crippen molar-refractivity contribution in [2.75, 3.05) is 0 Å². The number of carbonyl (C=O) groups excluding carboxylic acids is 2. The number of amides is 2. The van der Waals surface area contributed by atoms with E-state index in [4.69, 9.17) is 12.2 Å². The van der Waals surface area contributed by atoms with Crippen molar-refractivity contribution in [1.82, 2.24) is 21.1 Å². The summed E-state index contributed by atoms with van der Waals surface area (Å²) in [6.45, 7) is 6.02. The lowest BCUT2D eigenvalue weighted by molar-refractivity contribution is -0.130. The molecule has 0 radical (unpaired) electrons. The van der Waals surface area contributed by atoms with Crippen LogP contribution in [0.15, 0.2) is 30.5 Å². The first-order valence-corrected chi connectivity index (χ1v) is 10.7. The molecule has 1 fully saturated rings. The Hall–Kier alpha value is -2.41. The van der Waals surface area contributed by atoms with Gasteiger partial charge in [-0.05, 0) is 47.7 Å². The molecule has 2 amide bonds. The van der Waals surface area contributed by atoms with Crippen LogP contribution >= 0.6 is 12.2 Å². The molecular formula is C22H30N4O2S. The quantitative estimate of drug-likeness (QED) is 0.523. The van der Waals surface area contributed by atoms with Crippen molar-refractivity contribution < 1.29 is 9.59 Å². The molecule has 0 bridgehead atoms. The Balaban J connectivity index is 1.56. The van der Waals surface area contributed by atoms with Crippen LogP contribution in [0.25, 0.3) is 6.08 Å². The molecule has 2 aliphatic rings. The summed E-state index contributed by atoms with van der Waals surface area (Å²) in [6.07, 6.45) is 7.31. The summed E-state index contributed by atoms with van der Waals surface area (Å²) in [5.41, 5.74) is 7.49. The van der Waals surface area contributed by atoms with Gasteiger partial charge in [0.15, 0.2) is 5.11 Å². The summed E-state index contributed by atoms with van der Waals surface area (Å²) < 4.78 is 0. The normalized spacial score (nSPS) is 25.7. The van der Waals surface area contributed by atoms with Crippen LogP contribution < -0.4 is 16.2 Å². The average Bonchev–Trinajstić information content (AvgIpc) is 2.70. The summed E-state index contributed by atoms with van der Waals surface area (Å²) in [6, 6.07) is 7.79. The van der Waals surface area contributed by atoms with Crippen molar-refractivity contribution in [3.8, 4) is 0 Å². The Morgan fingerprint density at radius 2 is 1.93 bits per heavy atom. The van der Waals surface area contributed by atoms with E-state index in [-0.39, 0.29) is 24.3 Å². The van der Waals surface area contributed by atoms with Crippen molar-refractivity contribution in [2.24, 2.45) is 11.8 Å². The number of hydrogen-bond donors (Lipinski definition) is 3. The van der Waals surface area contributed by atoms with Gasteiger partial charge in [0.05, 0.1) is 12.5 Å². The van der Waals surface area contributed by atoms with E-state index >= 15 is 0 Å². The maximum absolute atomic E-state index is 12.6. The molecule has 3 rings (SSSR count). The third-order valence-corrected chi connectivity index (χ3v) is 6.41. The standard InChI is InChI=1S/C22H30N4O2S/c1-14-7-6-10-19(15(14)2)23-22(29)25-24-21(28)13-20-18-9-5-4-8-17(18)11-12-26(20)16(3)27/h4-5,8-9,11-12,14-15,19-20H,6-7,10,13H2,1-3H3,(H,24,28)(H2,23,25,29)/t14-,15+,19+,20+/m0/s1. The second-order valence-electron chi connectivity index (χ2n) is 8.11. The zero-order valence-corrected chi connectivity index (χ0v) is 18.1. The van der Waals surface area contributed by atoms with Crippen LogP contribution in [0.3, 0.4) is 0 Å². The largest absolute Gasteiger partial charge is 0.358 e. The Bertz CT molecular complexity index is 810. The molecule has 1 aromatic carbocycles. The van der Waals surface area contributed by atoms with Crippen LogP contribution in [-0.2, 0) is 9.59 Å². The summed E-state index contributed by atoms with van der Waals surface area (Å²) in [5.74, 6) is 0.879. The van der Waals surface area contributed by atoms with Gasteiger partial charge in [-0.3, -0.25) is 20.4 Å². The topological polar surface area (TPSA) is 73.5 Å². The van der Waals surface area contributed by atoms with Gasteiger partial charge in [-0.1, -0.05) is 51.0 Å². The van der Waals surface area contributed by atoms with Crippen molar-refractivity contribution in [3.63, 3.8) is 0 Å². The molecule has 1 aromatic rings. The van der Waals surface area contributed by atoms with Gasteiger partial charge in [-0.25, -0.2) is 0 Å². The third-order valence-electron chi connectivity index (χ3n) is 6.19. The number of hydrazine groups is 1. The monoisotopic (exact) mass is 414 g/mol. The lowest BCUT2D eigenvalue weighted by Gasteiger charge is -2.35. The molecule has 1 heterocycles. The number of hydrogen-bond acceptors (Lipinski definition) is 3. The van der Waals surface area contributed by atoms with Crippen molar-refractivity contribution in [1.29, 1.82) is 0 Å². The molecular weight excluding hydrogens is 384 g/mol. The van der Waals surface area contributed by atoms with E-state index in [1.165, 1.54) is 19.8 Å². The van der Waals surface area contributed by atoms with Gasteiger partial charge in [0.2, 0.25) is 11.8 Å². The van der Waals surface area contributed by atoms with E-state index in [0.29, 0.717) is 23.0 Å². The third kappa shape index (κ3) is 5.15. The van der Waals surface area contributed by atoms with E-state index in [2.05, 4.69) is 30.0 Å². The fraction of sp³-hybridized carbons (Fsp3) is 0.500. The van der Waals surface area contributed by atoms with Crippen LogP contribution in [0.1, 0.15) is 63.6 Å². The molecule has 0 spiro atoms. The molecule has 29 heavy (non-hydrogen) atoms. The van der Waals surface area contributed by atoms with Crippen molar-refractivity contribution in [2.45, 2.75) is 58.5 Å². The average molecular weight is 415 g/mol. The predicted octanol–water partition coefficient (Wildman–Crippen LogP) is 3.27. The van der Waals surface area contributed by atoms with E-state index in [1.54, 1.807) is 11.1 Å². The van der Waals surface area contributed by atoms with Gasteiger partial charge < -0.3 is 10.2 Å². The number of carbonyl (C=O) groups is 2. The first kappa shape index (κ1) is 21.3. The van der Waals surface area contributed by atoms with E-state index in [1.807, 2.05) is 30.3 Å². The van der Waals surface area contributed by atoms with E-state index < -0.39 is 0 Å². The Kier molecular flexibility index (Phi) is 6.90. The maximum Gasteiger partial charge on any atom is 0.240 e. The van der Waals surface area contributed by atoms with Crippen LogP contribution in [0.4, 0.5) is 0 Å². The number of nitrogens with one attached hydrogen (secondary N) is 3. The van der Waals surface area contributed by atoms with Gasteiger partial charge in [0.25, 0.3) is 0 Å². The lowest BCUT2D eigenvalue weighted by atomic mass is 9.78. The van der Waals surface area contributed by atoms with Crippen LogP contribution in [-0.4, -0.2) is 27.9 Å². The number of nitrogens with zero attached hydrogens (tertiary/aromatic N) is 1. The van der Waals surface area contributed by atoms with Crippen LogP contribution in [0.2, 0.25) is 0 Å². The minimum absolute atomic E-state index is 0.0981. The highest BCUT2D eigenvalue weighted by Crippen LogP contribution is 2.32. The lowest BCUT2D eigenvalue weighted by Crippen LogP contribution is -2.52.